The first kappa shape index (κ1) is 10.3. The number of rotatable bonds is 2. The van der Waals surface area contributed by atoms with Gasteiger partial charge in [0.2, 0.25) is 0 Å². The molecule has 0 amide bonds. The molecule has 1 aliphatic rings. The predicted molar refractivity (Wildman–Crippen MR) is 59.3 cm³/mol. The molecule has 2 heterocycles. The Hall–Kier alpha value is -1.25. The van der Waals surface area contributed by atoms with Gasteiger partial charge in [0.15, 0.2) is 17.4 Å². The van der Waals surface area contributed by atoms with E-state index in [1.807, 2.05) is 6.07 Å². The Morgan fingerprint density at radius 3 is 2.67 bits per heavy atom. The van der Waals surface area contributed by atoms with E-state index in [0.717, 1.165) is 19.0 Å². The molecule has 0 radical (unpaired) electrons. The van der Waals surface area contributed by atoms with Gasteiger partial charge in [-0.1, -0.05) is 13.8 Å². The maximum absolute atomic E-state index is 11.1. The molecule has 0 saturated carbocycles. The fourth-order valence-electron chi connectivity index (χ4n) is 1.99. The summed E-state index contributed by atoms with van der Waals surface area (Å²) in [6, 6.07) is 3.64. The van der Waals surface area contributed by atoms with E-state index in [0.29, 0.717) is 11.2 Å². The van der Waals surface area contributed by atoms with Crippen LogP contribution in [0, 0.1) is 5.41 Å². The SMILES string of the molecule is CC(=O)c1ccc(N2CCC(C)(C)C2)o1. The average molecular weight is 207 g/mol. The van der Waals surface area contributed by atoms with E-state index >= 15 is 0 Å². The normalized spacial score (nSPS) is 19.5. The molecule has 0 bridgehead atoms. The van der Waals surface area contributed by atoms with Gasteiger partial charge in [0.1, 0.15) is 0 Å². The third kappa shape index (κ3) is 2.06. The monoisotopic (exact) mass is 207 g/mol. The number of Topliss-reactive ketones (excluding diaryl/α,β-unsaturated/α-hetero) is 1. The van der Waals surface area contributed by atoms with Crippen LogP contribution in [0.15, 0.2) is 16.5 Å². The number of carbonyl (C=O) groups is 1. The van der Waals surface area contributed by atoms with E-state index in [2.05, 4.69) is 18.7 Å². The van der Waals surface area contributed by atoms with Crippen molar-refractivity contribution in [2.75, 3.05) is 18.0 Å². The molecule has 3 nitrogen and oxygen atoms in total. The summed E-state index contributed by atoms with van der Waals surface area (Å²) in [7, 11) is 0. The maximum Gasteiger partial charge on any atom is 0.196 e. The van der Waals surface area contributed by atoms with Gasteiger partial charge in [0.25, 0.3) is 0 Å². The van der Waals surface area contributed by atoms with Crippen molar-refractivity contribution >= 4 is 11.7 Å². The van der Waals surface area contributed by atoms with Crippen LogP contribution < -0.4 is 4.90 Å². The summed E-state index contributed by atoms with van der Waals surface area (Å²) in [6.45, 7) is 8.04. The first-order valence-corrected chi connectivity index (χ1v) is 5.34. The van der Waals surface area contributed by atoms with E-state index in [9.17, 15) is 4.79 Å². The Kier molecular flexibility index (Phi) is 2.33. The van der Waals surface area contributed by atoms with Crippen LogP contribution in [0.1, 0.15) is 37.7 Å². The van der Waals surface area contributed by atoms with Gasteiger partial charge in [0.05, 0.1) is 0 Å². The highest BCUT2D eigenvalue weighted by Gasteiger charge is 2.30. The van der Waals surface area contributed by atoms with Crippen molar-refractivity contribution in [2.24, 2.45) is 5.41 Å². The molecule has 0 aromatic carbocycles. The number of carbonyl (C=O) groups excluding carboxylic acids is 1. The molecule has 0 unspecified atom stereocenters. The summed E-state index contributed by atoms with van der Waals surface area (Å²) in [5, 5.41) is 0. The Bertz CT molecular complexity index is 379. The van der Waals surface area contributed by atoms with Crippen LogP contribution >= 0.6 is 0 Å². The van der Waals surface area contributed by atoms with Gasteiger partial charge in [-0.2, -0.15) is 0 Å². The smallest absolute Gasteiger partial charge is 0.196 e. The van der Waals surface area contributed by atoms with Crippen molar-refractivity contribution < 1.29 is 9.21 Å². The number of nitrogens with zero attached hydrogens (tertiary/aromatic N) is 1. The number of hydrogen-bond acceptors (Lipinski definition) is 3. The number of ketones is 1. The second-order valence-corrected chi connectivity index (χ2v) is 5.03. The highest BCUT2D eigenvalue weighted by atomic mass is 16.4. The maximum atomic E-state index is 11.1. The lowest BCUT2D eigenvalue weighted by molar-refractivity contribution is 0.0988. The molecule has 0 aliphatic carbocycles. The molecule has 82 valence electrons. The highest BCUT2D eigenvalue weighted by molar-refractivity contribution is 5.91. The van der Waals surface area contributed by atoms with E-state index in [-0.39, 0.29) is 5.78 Å². The Labute approximate surface area is 90.1 Å². The van der Waals surface area contributed by atoms with Crippen molar-refractivity contribution in [1.29, 1.82) is 0 Å². The Morgan fingerprint density at radius 1 is 1.47 bits per heavy atom. The highest BCUT2D eigenvalue weighted by Crippen LogP contribution is 2.33. The third-order valence-corrected chi connectivity index (χ3v) is 2.93. The van der Waals surface area contributed by atoms with E-state index in [4.69, 9.17) is 4.42 Å². The summed E-state index contributed by atoms with van der Waals surface area (Å²) in [4.78, 5) is 13.3. The molecular weight excluding hydrogens is 190 g/mol. The van der Waals surface area contributed by atoms with Gasteiger partial charge in [-0.15, -0.1) is 0 Å². The van der Waals surface area contributed by atoms with Crippen LogP contribution in [0.4, 0.5) is 5.88 Å². The summed E-state index contributed by atoms with van der Waals surface area (Å²) >= 11 is 0. The molecule has 1 fully saturated rings. The van der Waals surface area contributed by atoms with Crippen molar-refractivity contribution in [3.8, 4) is 0 Å². The van der Waals surface area contributed by atoms with Crippen molar-refractivity contribution in [3.05, 3.63) is 17.9 Å². The van der Waals surface area contributed by atoms with Crippen LogP contribution in [0.3, 0.4) is 0 Å². The van der Waals surface area contributed by atoms with Crippen LogP contribution in [-0.2, 0) is 0 Å². The molecular formula is C12H17NO2. The van der Waals surface area contributed by atoms with Crippen LogP contribution in [-0.4, -0.2) is 18.9 Å². The third-order valence-electron chi connectivity index (χ3n) is 2.93. The minimum absolute atomic E-state index is 0.0142. The lowest BCUT2D eigenvalue weighted by Crippen LogP contribution is -2.22. The van der Waals surface area contributed by atoms with Crippen molar-refractivity contribution in [1.82, 2.24) is 0 Å². The van der Waals surface area contributed by atoms with E-state index in [1.165, 1.54) is 13.3 Å². The summed E-state index contributed by atoms with van der Waals surface area (Å²) in [5.41, 5.74) is 0.350. The number of furan rings is 1. The largest absolute Gasteiger partial charge is 0.437 e. The fraction of sp³-hybridized carbons (Fsp3) is 0.583. The first-order valence-electron chi connectivity index (χ1n) is 5.34. The van der Waals surface area contributed by atoms with E-state index in [1.54, 1.807) is 6.07 Å². The second-order valence-electron chi connectivity index (χ2n) is 5.03. The lowest BCUT2D eigenvalue weighted by atomic mass is 9.93. The van der Waals surface area contributed by atoms with Gasteiger partial charge >= 0.3 is 0 Å². The summed E-state index contributed by atoms with van der Waals surface area (Å²) < 4.78 is 5.50. The average Bonchev–Trinajstić information content (AvgIpc) is 2.70. The van der Waals surface area contributed by atoms with Gasteiger partial charge in [-0.25, -0.2) is 0 Å². The molecule has 2 rings (SSSR count). The molecule has 0 spiro atoms. The van der Waals surface area contributed by atoms with Crippen molar-refractivity contribution in [3.63, 3.8) is 0 Å². The van der Waals surface area contributed by atoms with Gasteiger partial charge in [-0.05, 0) is 17.9 Å². The molecule has 0 N–H and O–H groups in total. The fourth-order valence-corrected chi connectivity index (χ4v) is 1.99. The Morgan fingerprint density at radius 2 is 2.20 bits per heavy atom. The van der Waals surface area contributed by atoms with Crippen molar-refractivity contribution in [2.45, 2.75) is 27.2 Å². The van der Waals surface area contributed by atoms with Crippen LogP contribution in [0.25, 0.3) is 0 Å². The van der Waals surface area contributed by atoms with Crippen LogP contribution in [0.5, 0.6) is 0 Å². The predicted octanol–water partition coefficient (Wildman–Crippen LogP) is 2.72. The molecule has 1 saturated heterocycles. The zero-order valence-corrected chi connectivity index (χ0v) is 9.54. The zero-order valence-electron chi connectivity index (χ0n) is 9.54. The second kappa shape index (κ2) is 3.40. The quantitative estimate of drug-likeness (QED) is 0.699. The van der Waals surface area contributed by atoms with E-state index < -0.39 is 0 Å². The van der Waals surface area contributed by atoms with Gasteiger partial charge in [0, 0.05) is 26.1 Å². The molecule has 15 heavy (non-hydrogen) atoms. The minimum Gasteiger partial charge on any atom is -0.437 e. The number of anilines is 1. The summed E-state index contributed by atoms with van der Waals surface area (Å²) in [5.74, 6) is 1.26. The standard InChI is InChI=1S/C12H17NO2/c1-9(14)10-4-5-11(15-10)13-7-6-12(2,3)8-13/h4-5H,6-8H2,1-3H3. The zero-order chi connectivity index (χ0) is 11.1. The molecule has 3 heteroatoms. The topological polar surface area (TPSA) is 33.5 Å². The minimum atomic E-state index is -0.0142. The number of hydrogen-bond donors (Lipinski definition) is 0. The molecule has 1 aromatic heterocycles. The van der Waals surface area contributed by atoms with Gasteiger partial charge in [-0.3, -0.25) is 4.79 Å². The first-order chi connectivity index (χ1) is 6.98. The van der Waals surface area contributed by atoms with Gasteiger partial charge < -0.3 is 9.32 Å². The molecule has 1 aliphatic heterocycles. The lowest BCUT2D eigenvalue weighted by Gasteiger charge is -2.18. The van der Waals surface area contributed by atoms with Crippen LogP contribution in [0.2, 0.25) is 0 Å². The molecule has 0 atom stereocenters. The Balaban J connectivity index is 2.14. The molecule has 1 aromatic rings. The summed E-state index contributed by atoms with van der Waals surface area (Å²) in [6.07, 6.45) is 1.17.